The monoisotopic (exact) mass is 272 g/mol. The molecule has 3 rings (SSSR count). The summed E-state index contributed by atoms with van der Waals surface area (Å²) in [4.78, 5) is 15.9. The Morgan fingerprint density at radius 3 is 2.84 bits per heavy atom. The molecule has 0 amide bonds. The lowest BCUT2D eigenvalue weighted by Gasteiger charge is -2.02. The number of fused-ring (bicyclic) bond motifs is 1. The molecule has 1 aromatic carbocycles. The van der Waals surface area contributed by atoms with E-state index in [0.717, 1.165) is 16.9 Å². The van der Waals surface area contributed by atoms with Crippen LogP contribution >= 0.6 is 11.8 Å². The van der Waals surface area contributed by atoms with Crippen LogP contribution in [-0.4, -0.2) is 15.3 Å². The number of benzene rings is 1. The highest BCUT2D eigenvalue weighted by Crippen LogP contribution is 2.22. The summed E-state index contributed by atoms with van der Waals surface area (Å²) in [6.07, 6.45) is 1.79. The third-order valence-electron chi connectivity index (χ3n) is 2.73. The Hall–Kier alpha value is -2.01. The van der Waals surface area contributed by atoms with Gasteiger partial charge in [-0.2, -0.15) is 0 Å². The number of hydrogen-bond acceptors (Lipinski definition) is 4. The minimum Gasteiger partial charge on any atom is -0.431 e. The van der Waals surface area contributed by atoms with E-state index in [4.69, 9.17) is 4.42 Å². The van der Waals surface area contributed by atoms with Crippen molar-refractivity contribution in [1.29, 1.82) is 0 Å². The van der Waals surface area contributed by atoms with E-state index in [-0.39, 0.29) is 5.56 Å². The molecule has 2 heterocycles. The number of hydrogen-bond donors (Lipinski definition) is 0. The Balaban J connectivity index is 1.66. The third kappa shape index (κ3) is 2.71. The maximum absolute atomic E-state index is 11.5. The topological polar surface area (TPSA) is 48.0 Å². The molecule has 0 fully saturated rings. The largest absolute Gasteiger partial charge is 0.431 e. The normalized spacial score (nSPS) is 10.9. The minimum atomic E-state index is 0.0145. The lowest BCUT2D eigenvalue weighted by molar-refractivity contribution is 0.489. The van der Waals surface area contributed by atoms with Gasteiger partial charge in [-0.05, 0) is 18.2 Å². The summed E-state index contributed by atoms with van der Waals surface area (Å²) < 4.78 is 7.28. The standard InChI is InChI=1S/C14H12N2O2S/c17-13-7-3-4-8-16(13)9-10-19-14-15-11-5-1-2-6-12(11)18-14/h1-8H,9-10H2. The molecule has 0 aliphatic carbocycles. The molecule has 4 nitrogen and oxygen atoms in total. The van der Waals surface area contributed by atoms with Crippen molar-refractivity contribution in [2.75, 3.05) is 5.75 Å². The quantitative estimate of drug-likeness (QED) is 0.685. The van der Waals surface area contributed by atoms with E-state index in [1.807, 2.05) is 30.3 Å². The molecular formula is C14H12N2O2S. The van der Waals surface area contributed by atoms with E-state index in [1.165, 1.54) is 11.8 Å². The number of nitrogens with zero attached hydrogens (tertiary/aromatic N) is 2. The van der Waals surface area contributed by atoms with Gasteiger partial charge in [0.1, 0.15) is 5.52 Å². The summed E-state index contributed by atoms with van der Waals surface area (Å²) in [7, 11) is 0. The maximum atomic E-state index is 11.5. The van der Waals surface area contributed by atoms with Crippen LogP contribution in [0.25, 0.3) is 11.1 Å². The molecule has 19 heavy (non-hydrogen) atoms. The van der Waals surface area contributed by atoms with Crippen LogP contribution < -0.4 is 5.56 Å². The molecule has 96 valence electrons. The second kappa shape index (κ2) is 5.32. The Kier molecular flexibility index (Phi) is 3.37. The lowest BCUT2D eigenvalue weighted by atomic mass is 10.3. The zero-order valence-corrected chi connectivity index (χ0v) is 11.0. The molecule has 0 aliphatic rings. The molecule has 3 aromatic rings. The van der Waals surface area contributed by atoms with Crippen molar-refractivity contribution in [3.05, 3.63) is 59.0 Å². The molecule has 0 spiro atoms. The van der Waals surface area contributed by atoms with Gasteiger partial charge in [0.05, 0.1) is 0 Å². The fourth-order valence-corrected chi connectivity index (χ4v) is 2.56. The highest BCUT2D eigenvalue weighted by molar-refractivity contribution is 7.99. The van der Waals surface area contributed by atoms with Gasteiger partial charge in [-0.15, -0.1) is 0 Å². The number of para-hydroxylation sites is 2. The van der Waals surface area contributed by atoms with E-state index < -0.39 is 0 Å². The average Bonchev–Trinajstić information content (AvgIpc) is 2.83. The van der Waals surface area contributed by atoms with E-state index >= 15 is 0 Å². The summed E-state index contributed by atoms with van der Waals surface area (Å²) in [6.45, 7) is 0.642. The first-order valence-corrected chi connectivity index (χ1v) is 6.95. The Morgan fingerprint density at radius 1 is 1.16 bits per heavy atom. The molecular weight excluding hydrogens is 260 g/mol. The Bertz CT molecular complexity index is 715. The second-order valence-electron chi connectivity index (χ2n) is 4.03. The lowest BCUT2D eigenvalue weighted by Crippen LogP contribution is -2.18. The highest BCUT2D eigenvalue weighted by Gasteiger charge is 2.05. The summed E-state index contributed by atoms with van der Waals surface area (Å²) in [5.41, 5.74) is 1.67. The van der Waals surface area contributed by atoms with Crippen LogP contribution in [-0.2, 0) is 6.54 Å². The predicted octanol–water partition coefficient (Wildman–Crippen LogP) is 2.78. The molecule has 0 radical (unpaired) electrons. The summed E-state index contributed by atoms with van der Waals surface area (Å²) >= 11 is 1.51. The van der Waals surface area contributed by atoms with E-state index in [1.54, 1.807) is 22.9 Å². The number of pyridine rings is 1. The fourth-order valence-electron chi connectivity index (χ4n) is 1.79. The fraction of sp³-hybridized carbons (Fsp3) is 0.143. The van der Waals surface area contributed by atoms with Gasteiger partial charge in [-0.1, -0.05) is 30.0 Å². The minimum absolute atomic E-state index is 0.0145. The van der Waals surface area contributed by atoms with Gasteiger partial charge in [0.15, 0.2) is 5.58 Å². The van der Waals surface area contributed by atoms with Crippen molar-refractivity contribution in [2.45, 2.75) is 11.8 Å². The molecule has 5 heteroatoms. The van der Waals surface area contributed by atoms with Crippen LogP contribution in [0.1, 0.15) is 0 Å². The first kappa shape index (κ1) is 12.0. The van der Waals surface area contributed by atoms with E-state index in [9.17, 15) is 4.79 Å². The molecule has 0 bridgehead atoms. The number of aryl methyl sites for hydroxylation is 1. The van der Waals surface area contributed by atoms with Crippen molar-refractivity contribution in [2.24, 2.45) is 0 Å². The molecule has 0 aliphatic heterocycles. The van der Waals surface area contributed by atoms with Crippen molar-refractivity contribution in [3.63, 3.8) is 0 Å². The van der Waals surface area contributed by atoms with Gasteiger partial charge >= 0.3 is 0 Å². The summed E-state index contributed by atoms with van der Waals surface area (Å²) in [6, 6.07) is 12.8. The van der Waals surface area contributed by atoms with Crippen LogP contribution in [0.3, 0.4) is 0 Å². The molecule has 0 atom stereocenters. The van der Waals surface area contributed by atoms with Crippen molar-refractivity contribution < 1.29 is 4.42 Å². The molecule has 0 saturated carbocycles. The van der Waals surface area contributed by atoms with Gasteiger partial charge in [0.2, 0.25) is 0 Å². The molecule has 0 saturated heterocycles. The first-order valence-electron chi connectivity index (χ1n) is 5.97. The van der Waals surface area contributed by atoms with Crippen molar-refractivity contribution in [3.8, 4) is 0 Å². The zero-order valence-electron chi connectivity index (χ0n) is 10.2. The third-order valence-corrected chi connectivity index (χ3v) is 3.54. The molecule has 0 unspecified atom stereocenters. The SMILES string of the molecule is O=c1ccccn1CCSc1nc2ccccc2o1. The van der Waals surface area contributed by atoms with Crippen LogP contribution in [0.4, 0.5) is 0 Å². The van der Waals surface area contributed by atoms with E-state index in [2.05, 4.69) is 4.98 Å². The molecule has 2 aromatic heterocycles. The number of oxazole rings is 1. The number of aromatic nitrogens is 2. The zero-order chi connectivity index (χ0) is 13.1. The maximum Gasteiger partial charge on any atom is 0.256 e. The van der Waals surface area contributed by atoms with Gasteiger partial charge in [-0.3, -0.25) is 4.79 Å². The Morgan fingerprint density at radius 2 is 2.00 bits per heavy atom. The highest BCUT2D eigenvalue weighted by atomic mass is 32.2. The Labute approximate surface area is 114 Å². The first-order chi connectivity index (χ1) is 9.33. The summed E-state index contributed by atoms with van der Waals surface area (Å²) in [5, 5.41) is 0.644. The van der Waals surface area contributed by atoms with Gasteiger partial charge < -0.3 is 8.98 Å². The molecule has 0 N–H and O–H groups in total. The predicted molar refractivity (Wildman–Crippen MR) is 75.4 cm³/mol. The van der Waals surface area contributed by atoms with Gasteiger partial charge in [0, 0.05) is 24.6 Å². The smallest absolute Gasteiger partial charge is 0.256 e. The summed E-state index contributed by atoms with van der Waals surface area (Å²) in [5.74, 6) is 0.747. The van der Waals surface area contributed by atoms with Crippen LogP contribution in [0, 0.1) is 0 Å². The van der Waals surface area contributed by atoms with Crippen LogP contribution in [0.15, 0.2) is 63.1 Å². The van der Waals surface area contributed by atoms with E-state index in [0.29, 0.717) is 11.8 Å². The van der Waals surface area contributed by atoms with Crippen LogP contribution in [0.5, 0.6) is 0 Å². The van der Waals surface area contributed by atoms with Crippen molar-refractivity contribution >= 4 is 22.9 Å². The van der Waals surface area contributed by atoms with Crippen LogP contribution in [0.2, 0.25) is 0 Å². The number of rotatable bonds is 4. The second-order valence-corrected chi connectivity index (χ2v) is 5.07. The van der Waals surface area contributed by atoms with Gasteiger partial charge in [-0.25, -0.2) is 4.98 Å². The number of thioether (sulfide) groups is 1. The van der Waals surface area contributed by atoms with Gasteiger partial charge in [0.25, 0.3) is 10.8 Å². The average molecular weight is 272 g/mol. The van der Waals surface area contributed by atoms with Crippen molar-refractivity contribution in [1.82, 2.24) is 9.55 Å².